The molecule has 2 N–H and O–H groups in total. The van der Waals surface area contributed by atoms with Gasteiger partial charge in [-0.25, -0.2) is 0 Å². The third kappa shape index (κ3) is 2.33. The molecule has 1 aliphatic rings. The van der Waals surface area contributed by atoms with Crippen LogP contribution in [0.1, 0.15) is 12.8 Å². The number of carbonyl (C=O) groups is 1. The normalized spacial score (nSPS) is 25.0. The lowest BCUT2D eigenvalue weighted by Crippen LogP contribution is -2.23. The molecule has 1 unspecified atom stereocenters. The van der Waals surface area contributed by atoms with Crippen LogP contribution in [0, 0.1) is 0 Å². The third-order valence-corrected chi connectivity index (χ3v) is 1.41. The van der Waals surface area contributed by atoms with Gasteiger partial charge in [-0.05, 0) is 6.42 Å². The first kappa shape index (κ1) is 7.50. The lowest BCUT2D eigenvalue weighted by molar-refractivity contribution is -0.137. The van der Waals surface area contributed by atoms with Crippen molar-refractivity contribution >= 4 is 5.97 Å². The number of ether oxygens (including phenoxy) is 1. The van der Waals surface area contributed by atoms with Gasteiger partial charge in [0.15, 0.2) is 0 Å². The Labute approximate surface area is 59.2 Å². The summed E-state index contributed by atoms with van der Waals surface area (Å²) < 4.78 is 5.13. The molecular weight excluding hydrogens is 134 g/mol. The van der Waals surface area contributed by atoms with E-state index in [4.69, 9.17) is 9.84 Å². The molecule has 0 aliphatic carbocycles. The van der Waals surface area contributed by atoms with Gasteiger partial charge in [0, 0.05) is 13.0 Å². The van der Waals surface area contributed by atoms with Crippen molar-refractivity contribution in [2.24, 2.45) is 0 Å². The van der Waals surface area contributed by atoms with Crippen molar-refractivity contribution in [3.63, 3.8) is 0 Å². The molecule has 4 nitrogen and oxygen atoms in total. The Balaban J connectivity index is 2.07. The minimum Gasteiger partial charge on any atom is -0.481 e. The summed E-state index contributed by atoms with van der Waals surface area (Å²) >= 11 is 0. The Kier molecular flexibility index (Phi) is 2.65. The fourth-order valence-corrected chi connectivity index (χ4v) is 0.920. The number of carboxylic acid groups (broad SMARTS) is 1. The van der Waals surface area contributed by atoms with Crippen molar-refractivity contribution in [2.45, 2.75) is 19.1 Å². The van der Waals surface area contributed by atoms with Crippen LogP contribution in [-0.2, 0) is 9.53 Å². The van der Waals surface area contributed by atoms with Crippen LogP contribution in [0.4, 0.5) is 0 Å². The summed E-state index contributed by atoms with van der Waals surface area (Å²) in [7, 11) is 0. The molecule has 1 fully saturated rings. The zero-order valence-corrected chi connectivity index (χ0v) is 5.67. The molecule has 0 saturated carbocycles. The number of hydrogen-bond donors (Lipinski definition) is 2. The van der Waals surface area contributed by atoms with E-state index in [-0.39, 0.29) is 12.6 Å². The second-order valence-corrected chi connectivity index (χ2v) is 2.25. The van der Waals surface area contributed by atoms with E-state index in [1.54, 1.807) is 0 Å². The maximum atomic E-state index is 10.1. The van der Waals surface area contributed by atoms with E-state index in [1.807, 2.05) is 0 Å². The molecule has 0 aromatic heterocycles. The molecule has 1 rings (SSSR count). The predicted octanol–water partition coefficient (Wildman–Crippen LogP) is -0.203. The van der Waals surface area contributed by atoms with E-state index in [2.05, 4.69) is 5.32 Å². The molecule has 0 amide bonds. The highest BCUT2D eigenvalue weighted by Crippen LogP contribution is 2.02. The Morgan fingerprint density at radius 1 is 1.80 bits per heavy atom. The molecule has 1 saturated heterocycles. The van der Waals surface area contributed by atoms with Gasteiger partial charge in [0.05, 0.1) is 6.61 Å². The number of hydrogen-bond acceptors (Lipinski definition) is 3. The third-order valence-electron chi connectivity index (χ3n) is 1.41. The summed E-state index contributed by atoms with van der Waals surface area (Å²) in [6, 6.07) is 0. The fraction of sp³-hybridized carbons (Fsp3) is 0.833. The first-order valence-electron chi connectivity index (χ1n) is 3.36. The summed E-state index contributed by atoms with van der Waals surface area (Å²) in [5.74, 6) is -0.766. The van der Waals surface area contributed by atoms with E-state index in [0.717, 1.165) is 6.54 Å². The first-order chi connectivity index (χ1) is 4.79. The minimum absolute atomic E-state index is 0.0314. The van der Waals surface area contributed by atoms with E-state index in [9.17, 15) is 4.79 Å². The maximum Gasteiger partial charge on any atom is 0.303 e. The molecule has 0 aromatic carbocycles. The SMILES string of the molecule is O=C(O)CCC1NCCO1. The quantitative estimate of drug-likeness (QED) is 0.577. The van der Waals surface area contributed by atoms with Crippen molar-refractivity contribution in [3.8, 4) is 0 Å². The van der Waals surface area contributed by atoms with Gasteiger partial charge in [0.25, 0.3) is 0 Å². The molecule has 1 atom stereocenters. The topological polar surface area (TPSA) is 58.6 Å². The van der Waals surface area contributed by atoms with Crippen molar-refractivity contribution in [1.82, 2.24) is 5.32 Å². The van der Waals surface area contributed by atoms with E-state index < -0.39 is 5.97 Å². The largest absolute Gasteiger partial charge is 0.481 e. The summed E-state index contributed by atoms with van der Waals surface area (Å²) in [5.41, 5.74) is 0. The van der Waals surface area contributed by atoms with Gasteiger partial charge in [-0.15, -0.1) is 0 Å². The molecule has 1 aliphatic heterocycles. The van der Waals surface area contributed by atoms with Crippen molar-refractivity contribution in [3.05, 3.63) is 0 Å². The molecule has 0 radical (unpaired) electrons. The van der Waals surface area contributed by atoms with Gasteiger partial charge in [-0.3, -0.25) is 10.1 Å². The van der Waals surface area contributed by atoms with Crippen LogP contribution in [0.3, 0.4) is 0 Å². The number of rotatable bonds is 3. The van der Waals surface area contributed by atoms with Gasteiger partial charge < -0.3 is 9.84 Å². The van der Waals surface area contributed by atoms with Crippen molar-refractivity contribution in [2.75, 3.05) is 13.2 Å². The average Bonchev–Trinajstić information content (AvgIpc) is 2.34. The number of aliphatic carboxylic acids is 1. The Morgan fingerprint density at radius 2 is 2.60 bits per heavy atom. The second-order valence-electron chi connectivity index (χ2n) is 2.25. The summed E-state index contributed by atoms with van der Waals surface area (Å²) in [4.78, 5) is 10.1. The van der Waals surface area contributed by atoms with Gasteiger partial charge in [0.1, 0.15) is 6.23 Å². The predicted molar refractivity (Wildman–Crippen MR) is 34.6 cm³/mol. The molecule has 0 bridgehead atoms. The standard InChI is InChI=1S/C6H11NO3/c8-6(9)2-1-5-7-3-4-10-5/h5,7H,1-4H2,(H,8,9). The smallest absolute Gasteiger partial charge is 0.303 e. The lowest BCUT2D eigenvalue weighted by atomic mass is 10.3. The van der Waals surface area contributed by atoms with Gasteiger partial charge in [0.2, 0.25) is 0 Å². The van der Waals surface area contributed by atoms with E-state index in [0.29, 0.717) is 13.0 Å². The van der Waals surface area contributed by atoms with Crippen LogP contribution in [0.2, 0.25) is 0 Å². The highest BCUT2D eigenvalue weighted by atomic mass is 16.5. The van der Waals surface area contributed by atoms with Crippen LogP contribution in [-0.4, -0.2) is 30.5 Å². The molecule has 4 heteroatoms. The maximum absolute atomic E-state index is 10.1. The van der Waals surface area contributed by atoms with Crippen LogP contribution in [0.5, 0.6) is 0 Å². The van der Waals surface area contributed by atoms with Crippen LogP contribution in [0.25, 0.3) is 0 Å². The zero-order chi connectivity index (χ0) is 7.40. The summed E-state index contributed by atoms with van der Waals surface area (Å²) in [6.45, 7) is 1.54. The van der Waals surface area contributed by atoms with E-state index >= 15 is 0 Å². The number of carboxylic acids is 1. The number of nitrogens with one attached hydrogen (secondary N) is 1. The summed E-state index contributed by atoms with van der Waals surface area (Å²) in [6.07, 6.45) is 0.712. The highest BCUT2D eigenvalue weighted by Gasteiger charge is 2.14. The molecule has 10 heavy (non-hydrogen) atoms. The lowest BCUT2D eigenvalue weighted by Gasteiger charge is -2.06. The first-order valence-corrected chi connectivity index (χ1v) is 3.36. The monoisotopic (exact) mass is 145 g/mol. The molecule has 0 spiro atoms. The van der Waals surface area contributed by atoms with Crippen molar-refractivity contribution in [1.29, 1.82) is 0 Å². The summed E-state index contributed by atoms with van der Waals surface area (Å²) in [5, 5.41) is 11.3. The van der Waals surface area contributed by atoms with Gasteiger partial charge >= 0.3 is 5.97 Å². The highest BCUT2D eigenvalue weighted by molar-refractivity contribution is 5.66. The Hall–Kier alpha value is -0.610. The van der Waals surface area contributed by atoms with Crippen LogP contribution < -0.4 is 5.32 Å². The molecular formula is C6H11NO3. The fourth-order valence-electron chi connectivity index (χ4n) is 0.920. The van der Waals surface area contributed by atoms with E-state index in [1.165, 1.54) is 0 Å². The second kappa shape index (κ2) is 3.53. The van der Waals surface area contributed by atoms with Gasteiger partial charge in [-0.1, -0.05) is 0 Å². The Morgan fingerprint density at radius 3 is 3.10 bits per heavy atom. The van der Waals surface area contributed by atoms with Crippen LogP contribution in [0.15, 0.2) is 0 Å². The molecule has 0 aromatic rings. The van der Waals surface area contributed by atoms with Crippen LogP contribution >= 0.6 is 0 Å². The molecule has 1 heterocycles. The van der Waals surface area contributed by atoms with Gasteiger partial charge in [-0.2, -0.15) is 0 Å². The minimum atomic E-state index is -0.766. The molecule has 58 valence electrons. The average molecular weight is 145 g/mol. The van der Waals surface area contributed by atoms with Crippen molar-refractivity contribution < 1.29 is 14.6 Å². The Bertz CT molecular complexity index is 120. The zero-order valence-electron chi connectivity index (χ0n) is 5.67.